The smallest absolute Gasteiger partial charge is 0.209 e. The molecule has 1 aromatic rings. The van der Waals surface area contributed by atoms with Crippen molar-refractivity contribution < 1.29 is 34.8 Å². The summed E-state index contributed by atoms with van der Waals surface area (Å²) in [5.74, 6) is -4.95. The van der Waals surface area contributed by atoms with E-state index in [1.54, 1.807) is 13.0 Å². The number of allylic oxidation sites excluding steroid dienone is 2. The number of ketones is 3. The first-order chi connectivity index (χ1) is 16.2. The Bertz CT molecular complexity index is 1240. The summed E-state index contributed by atoms with van der Waals surface area (Å²) in [6.07, 6.45) is 1.96. The van der Waals surface area contributed by atoms with E-state index in [1.807, 2.05) is 27.7 Å². The molecule has 0 saturated carbocycles. The molecule has 7 nitrogen and oxygen atoms in total. The van der Waals surface area contributed by atoms with Gasteiger partial charge in [0.05, 0.1) is 5.56 Å². The molecule has 35 heavy (non-hydrogen) atoms. The van der Waals surface area contributed by atoms with Gasteiger partial charge in [-0.2, -0.15) is 0 Å². The third kappa shape index (κ3) is 3.03. The first-order valence-electron chi connectivity index (χ1n) is 12.2. The standard InChI is InChI=1S/C28H34O7/c1-7-8-15-9-10-17(30)19-16(15)11-26(5)12-27(6)20(13(2)3)22(31)18(14(4)29)24(33)28(27,35)25(34)21(26)23(19)32/h9-10,13,20,30-31,34-35H,7-8,11-12H2,1-6H3/t20?,26-,27-,28+/m1/s1. The molecule has 4 N–H and O–H groups in total. The Labute approximate surface area is 205 Å². The van der Waals surface area contributed by atoms with Crippen LogP contribution in [0.1, 0.15) is 75.9 Å². The highest BCUT2D eigenvalue weighted by Gasteiger charge is 2.71. The first kappa shape index (κ1) is 25.2. The zero-order chi connectivity index (χ0) is 26.2. The second-order valence-electron chi connectivity index (χ2n) is 11.3. The van der Waals surface area contributed by atoms with Gasteiger partial charge in [-0.25, -0.2) is 0 Å². The minimum absolute atomic E-state index is 0.0797. The highest BCUT2D eigenvalue weighted by molar-refractivity contribution is 6.25. The van der Waals surface area contributed by atoms with Crippen molar-refractivity contribution in [2.45, 2.75) is 72.8 Å². The van der Waals surface area contributed by atoms with Gasteiger partial charge in [-0.3, -0.25) is 14.4 Å². The minimum atomic E-state index is -2.58. The summed E-state index contributed by atoms with van der Waals surface area (Å²) >= 11 is 0. The Hall–Kier alpha value is -2.93. The van der Waals surface area contributed by atoms with Gasteiger partial charge in [-0.15, -0.1) is 0 Å². The number of aromatic hydroxyl groups is 1. The fourth-order valence-electron chi connectivity index (χ4n) is 7.30. The average molecular weight is 483 g/mol. The van der Waals surface area contributed by atoms with E-state index < -0.39 is 51.0 Å². The van der Waals surface area contributed by atoms with Crippen LogP contribution in [-0.4, -0.2) is 43.4 Å². The lowest BCUT2D eigenvalue weighted by molar-refractivity contribution is -0.171. The molecular weight excluding hydrogens is 448 g/mol. The van der Waals surface area contributed by atoms with Crippen LogP contribution >= 0.6 is 0 Å². The highest BCUT2D eigenvalue weighted by atomic mass is 16.3. The van der Waals surface area contributed by atoms with Crippen molar-refractivity contribution in [3.05, 3.63) is 51.5 Å². The molecule has 1 unspecified atom stereocenters. The summed E-state index contributed by atoms with van der Waals surface area (Å²) in [6, 6.07) is 3.26. The molecule has 0 saturated heterocycles. The number of phenolic OH excluding ortho intramolecular Hbond substituents is 1. The van der Waals surface area contributed by atoms with Crippen molar-refractivity contribution >= 4 is 17.3 Å². The number of hydrogen-bond acceptors (Lipinski definition) is 7. The summed E-state index contributed by atoms with van der Waals surface area (Å²) in [6.45, 7) is 10.2. The fraction of sp³-hybridized carbons (Fsp3) is 0.536. The number of phenols is 1. The molecule has 3 aliphatic rings. The minimum Gasteiger partial charge on any atom is -0.511 e. The molecular formula is C28H34O7. The number of aliphatic hydroxyl groups is 3. The predicted octanol–water partition coefficient (Wildman–Crippen LogP) is 4.30. The zero-order valence-electron chi connectivity index (χ0n) is 21.2. The van der Waals surface area contributed by atoms with Crippen molar-refractivity contribution in [1.82, 2.24) is 0 Å². The van der Waals surface area contributed by atoms with E-state index in [1.165, 1.54) is 6.07 Å². The lowest BCUT2D eigenvalue weighted by Gasteiger charge is -2.59. The van der Waals surface area contributed by atoms with E-state index in [2.05, 4.69) is 0 Å². The third-order valence-corrected chi connectivity index (χ3v) is 8.51. The van der Waals surface area contributed by atoms with E-state index in [-0.39, 0.29) is 35.0 Å². The molecule has 1 aromatic carbocycles. The number of carbonyl (C=O) groups excluding carboxylic acids is 3. The molecule has 0 fully saturated rings. The van der Waals surface area contributed by atoms with Crippen molar-refractivity contribution in [1.29, 1.82) is 0 Å². The van der Waals surface area contributed by atoms with Gasteiger partial charge >= 0.3 is 0 Å². The van der Waals surface area contributed by atoms with E-state index in [0.29, 0.717) is 18.4 Å². The maximum atomic E-state index is 13.8. The van der Waals surface area contributed by atoms with Gasteiger partial charge in [0.25, 0.3) is 0 Å². The highest BCUT2D eigenvalue weighted by Crippen LogP contribution is 2.65. The first-order valence-corrected chi connectivity index (χ1v) is 12.2. The summed E-state index contributed by atoms with van der Waals surface area (Å²) < 4.78 is 0. The van der Waals surface area contributed by atoms with Crippen molar-refractivity contribution in [3.63, 3.8) is 0 Å². The van der Waals surface area contributed by atoms with Crippen LogP contribution in [-0.2, 0) is 22.4 Å². The molecule has 0 spiro atoms. The predicted molar refractivity (Wildman–Crippen MR) is 129 cm³/mol. The van der Waals surface area contributed by atoms with Gasteiger partial charge in [0, 0.05) is 22.3 Å². The Morgan fingerprint density at radius 3 is 2.31 bits per heavy atom. The van der Waals surface area contributed by atoms with Crippen LogP contribution in [0.2, 0.25) is 0 Å². The van der Waals surface area contributed by atoms with E-state index >= 15 is 0 Å². The molecule has 7 heteroatoms. The molecule has 0 bridgehead atoms. The Kier molecular flexibility index (Phi) is 5.60. The molecule has 4 atom stereocenters. The van der Waals surface area contributed by atoms with Crippen LogP contribution in [0.4, 0.5) is 0 Å². The van der Waals surface area contributed by atoms with Crippen LogP contribution in [0.5, 0.6) is 5.75 Å². The molecule has 4 rings (SSSR count). The normalized spacial score (nSPS) is 32.5. The van der Waals surface area contributed by atoms with Crippen molar-refractivity contribution in [3.8, 4) is 5.75 Å². The lowest BCUT2D eigenvalue weighted by Crippen LogP contribution is -2.67. The molecule has 0 amide bonds. The topological polar surface area (TPSA) is 132 Å². The monoisotopic (exact) mass is 482 g/mol. The van der Waals surface area contributed by atoms with Crippen LogP contribution < -0.4 is 0 Å². The zero-order valence-corrected chi connectivity index (χ0v) is 21.2. The van der Waals surface area contributed by atoms with Crippen molar-refractivity contribution in [2.24, 2.45) is 22.7 Å². The second-order valence-corrected chi connectivity index (χ2v) is 11.3. The number of aryl methyl sites for hydroxylation is 1. The number of hydrogen-bond donors (Lipinski definition) is 4. The number of benzene rings is 1. The molecule has 0 aliphatic heterocycles. The van der Waals surface area contributed by atoms with Gasteiger partial charge in [0.2, 0.25) is 5.78 Å². The molecule has 0 radical (unpaired) electrons. The SMILES string of the molecule is CCCc1ccc(O)c2c1C[C@]1(C)C[C@]3(C)C(C(C)C)C(O)=C(C(C)=O)C(=O)[C@]3(O)C(O)=C1C2=O. The van der Waals surface area contributed by atoms with Gasteiger partial charge < -0.3 is 20.4 Å². The number of fused-ring (bicyclic) bond motifs is 3. The van der Waals surface area contributed by atoms with Crippen LogP contribution in [0.3, 0.4) is 0 Å². The van der Waals surface area contributed by atoms with E-state index in [4.69, 9.17) is 0 Å². The number of rotatable bonds is 4. The van der Waals surface area contributed by atoms with Gasteiger partial charge in [-0.1, -0.05) is 47.1 Å². The summed E-state index contributed by atoms with van der Waals surface area (Å²) in [5, 5.41) is 45.3. The Morgan fingerprint density at radius 1 is 1.14 bits per heavy atom. The average Bonchev–Trinajstić information content (AvgIpc) is 2.72. The second kappa shape index (κ2) is 7.79. The third-order valence-electron chi connectivity index (χ3n) is 8.51. The van der Waals surface area contributed by atoms with Crippen molar-refractivity contribution in [2.75, 3.05) is 0 Å². The van der Waals surface area contributed by atoms with Gasteiger partial charge in [-0.05, 0) is 49.3 Å². The summed E-state index contributed by atoms with van der Waals surface area (Å²) in [4.78, 5) is 39.8. The number of Topliss-reactive ketones (excluding diaryl/α,β-unsaturated/α-hetero) is 3. The van der Waals surface area contributed by atoms with Gasteiger partial charge in [0.15, 0.2) is 17.2 Å². The maximum Gasteiger partial charge on any atom is 0.209 e. The molecule has 0 aromatic heterocycles. The fourth-order valence-corrected chi connectivity index (χ4v) is 7.30. The van der Waals surface area contributed by atoms with E-state index in [0.717, 1.165) is 18.9 Å². The van der Waals surface area contributed by atoms with Gasteiger partial charge in [0.1, 0.15) is 22.8 Å². The molecule has 3 aliphatic carbocycles. The van der Waals surface area contributed by atoms with Crippen LogP contribution in [0.25, 0.3) is 0 Å². The van der Waals surface area contributed by atoms with Crippen LogP contribution in [0, 0.1) is 22.7 Å². The molecule has 0 heterocycles. The number of aliphatic hydroxyl groups excluding tert-OH is 2. The maximum absolute atomic E-state index is 13.8. The summed E-state index contributed by atoms with van der Waals surface area (Å²) in [5.41, 5.74) is -3.90. The van der Waals surface area contributed by atoms with Crippen LogP contribution in [0.15, 0.2) is 34.8 Å². The van der Waals surface area contributed by atoms with E-state index in [9.17, 15) is 34.8 Å². The largest absolute Gasteiger partial charge is 0.511 e. The lowest BCUT2D eigenvalue weighted by atomic mass is 9.44. The Balaban J connectivity index is 2.07. The quantitative estimate of drug-likeness (QED) is 0.470. The Morgan fingerprint density at radius 2 is 1.77 bits per heavy atom. The molecule has 188 valence electrons. The number of carbonyl (C=O) groups is 3. The summed E-state index contributed by atoms with van der Waals surface area (Å²) in [7, 11) is 0.